The molecule has 9 rings (SSSR count). The number of methoxy groups -OCH3 is 2. The molecule has 8 aromatic rings. The molecule has 0 saturated carbocycles. The Bertz CT molecular complexity index is 3270. The van der Waals surface area contributed by atoms with Crippen LogP contribution in [0.2, 0.25) is 0 Å². The molecule has 11 nitrogen and oxygen atoms in total. The minimum Gasteiger partial charge on any atom is -0.497 e. The Morgan fingerprint density at radius 3 is 1.48 bits per heavy atom. The summed E-state index contributed by atoms with van der Waals surface area (Å²) in [6, 6.07) is 30.5. The van der Waals surface area contributed by atoms with Crippen molar-refractivity contribution >= 4 is 72.5 Å². The van der Waals surface area contributed by atoms with Crippen LogP contribution in [-0.2, 0) is 9.47 Å². The van der Waals surface area contributed by atoms with Crippen LogP contribution in [0.4, 0.5) is 5.69 Å². The smallest absolute Gasteiger partial charge is 0.338 e. The van der Waals surface area contributed by atoms with Gasteiger partial charge in [-0.3, -0.25) is 9.59 Å². The SMILES string of the molecule is CCCCOC(=O)c1ccc2c3c(Oc4ccc(OC)cc4)cc4c5c(ccc(c6c(Oc7ccc(OC)cc7)cc(C(=O)OCCCC)c1c26)c53)C(=O)N(c1c(C(C)C)cccc1C(C)C)C4=O. The quantitative estimate of drug-likeness (QED) is 0.0286. The number of hydrogen-bond acceptors (Lipinski definition) is 10. The van der Waals surface area contributed by atoms with Crippen LogP contribution in [0.15, 0.2) is 103 Å². The average molecular weight is 926 g/mol. The van der Waals surface area contributed by atoms with Crippen molar-refractivity contribution in [2.24, 2.45) is 0 Å². The van der Waals surface area contributed by atoms with Gasteiger partial charge >= 0.3 is 11.9 Å². The highest BCUT2D eigenvalue weighted by molar-refractivity contribution is 6.44. The fourth-order valence-corrected chi connectivity index (χ4v) is 9.49. The van der Waals surface area contributed by atoms with Crippen LogP contribution in [0.5, 0.6) is 34.5 Å². The number of carbonyl (C=O) groups is 4. The topological polar surface area (TPSA) is 127 Å². The van der Waals surface area contributed by atoms with Gasteiger partial charge in [-0.05, 0) is 119 Å². The Kier molecular flexibility index (Phi) is 12.9. The number of fused-ring (bicyclic) bond motifs is 2. The molecule has 69 heavy (non-hydrogen) atoms. The highest BCUT2D eigenvalue weighted by atomic mass is 16.5. The Labute approximate surface area is 401 Å². The number of unbranched alkanes of at least 4 members (excludes halogenated alkanes) is 2. The summed E-state index contributed by atoms with van der Waals surface area (Å²) in [6.45, 7) is 12.6. The summed E-state index contributed by atoms with van der Waals surface area (Å²) in [4.78, 5) is 61.0. The summed E-state index contributed by atoms with van der Waals surface area (Å²) in [5.41, 5.74) is 3.21. The molecule has 0 unspecified atom stereocenters. The lowest BCUT2D eigenvalue weighted by molar-refractivity contribution is 0.0500. The Balaban J connectivity index is 1.43. The number of nitrogens with zero attached hydrogens (tertiary/aromatic N) is 1. The number of hydrogen-bond donors (Lipinski definition) is 0. The molecule has 0 aliphatic carbocycles. The number of rotatable bonds is 17. The molecular formula is C58H55NO10. The number of imide groups is 1. The number of carbonyl (C=O) groups excluding carboxylic acids is 4. The number of anilines is 1. The molecule has 0 radical (unpaired) electrons. The van der Waals surface area contributed by atoms with E-state index in [1.165, 1.54) is 4.90 Å². The summed E-state index contributed by atoms with van der Waals surface area (Å²) in [5, 5.41) is 4.08. The first-order chi connectivity index (χ1) is 33.4. The van der Waals surface area contributed by atoms with E-state index < -0.39 is 23.8 Å². The molecular weight excluding hydrogens is 871 g/mol. The zero-order chi connectivity index (χ0) is 48.7. The van der Waals surface area contributed by atoms with Gasteiger partial charge in [0.2, 0.25) is 0 Å². The monoisotopic (exact) mass is 925 g/mol. The van der Waals surface area contributed by atoms with E-state index in [0.29, 0.717) is 95.9 Å². The maximum atomic E-state index is 15.5. The zero-order valence-corrected chi connectivity index (χ0v) is 40.2. The van der Waals surface area contributed by atoms with Crippen molar-refractivity contribution in [3.05, 3.63) is 137 Å². The number of esters is 2. The van der Waals surface area contributed by atoms with Crippen molar-refractivity contribution in [2.45, 2.75) is 79.1 Å². The average Bonchev–Trinajstić information content (AvgIpc) is 3.35. The lowest BCUT2D eigenvalue weighted by Gasteiger charge is -2.33. The van der Waals surface area contributed by atoms with E-state index in [9.17, 15) is 9.59 Å². The number of para-hydroxylation sites is 1. The molecule has 11 heteroatoms. The third-order valence-corrected chi connectivity index (χ3v) is 12.9. The fraction of sp³-hybridized carbons (Fsp3) is 0.276. The zero-order valence-electron chi connectivity index (χ0n) is 40.2. The minimum atomic E-state index is -0.640. The molecule has 1 aliphatic rings. The molecule has 0 atom stereocenters. The lowest BCUT2D eigenvalue weighted by atomic mass is 9.82. The first-order valence-electron chi connectivity index (χ1n) is 23.7. The van der Waals surface area contributed by atoms with Crippen LogP contribution in [0.1, 0.15) is 132 Å². The largest absolute Gasteiger partial charge is 0.497 e. The highest BCUT2D eigenvalue weighted by Crippen LogP contribution is 2.53. The van der Waals surface area contributed by atoms with Crippen molar-refractivity contribution in [2.75, 3.05) is 32.3 Å². The summed E-state index contributed by atoms with van der Waals surface area (Å²) in [7, 11) is 3.16. The highest BCUT2D eigenvalue weighted by Gasteiger charge is 2.40. The van der Waals surface area contributed by atoms with Gasteiger partial charge in [0.1, 0.15) is 34.5 Å². The van der Waals surface area contributed by atoms with Crippen molar-refractivity contribution in [1.82, 2.24) is 0 Å². The van der Waals surface area contributed by atoms with Crippen LogP contribution in [0.25, 0.3) is 43.1 Å². The number of benzene rings is 8. The minimum absolute atomic E-state index is 0.00576. The van der Waals surface area contributed by atoms with Crippen molar-refractivity contribution < 1.29 is 47.6 Å². The maximum absolute atomic E-state index is 15.5. The van der Waals surface area contributed by atoms with Gasteiger partial charge < -0.3 is 28.4 Å². The van der Waals surface area contributed by atoms with Crippen molar-refractivity contribution in [3.63, 3.8) is 0 Å². The van der Waals surface area contributed by atoms with Crippen LogP contribution in [0.3, 0.4) is 0 Å². The van der Waals surface area contributed by atoms with Gasteiger partial charge in [0, 0.05) is 37.9 Å². The van der Waals surface area contributed by atoms with E-state index >= 15 is 9.59 Å². The van der Waals surface area contributed by atoms with E-state index in [-0.39, 0.29) is 47.5 Å². The van der Waals surface area contributed by atoms with E-state index in [1.807, 2.05) is 44.2 Å². The van der Waals surface area contributed by atoms with Gasteiger partial charge in [-0.15, -0.1) is 0 Å². The van der Waals surface area contributed by atoms with E-state index in [0.717, 1.165) is 24.0 Å². The Morgan fingerprint density at radius 1 is 0.507 bits per heavy atom. The molecule has 0 spiro atoms. The molecule has 2 amide bonds. The molecule has 0 saturated heterocycles. The number of ether oxygens (including phenoxy) is 6. The third kappa shape index (κ3) is 8.19. The predicted octanol–water partition coefficient (Wildman–Crippen LogP) is 14.3. The second-order valence-electron chi connectivity index (χ2n) is 18.0. The molecule has 1 heterocycles. The summed E-state index contributed by atoms with van der Waals surface area (Å²) in [6.07, 6.45) is 2.90. The Hall–Kier alpha value is -7.66. The number of amides is 2. The molecule has 8 aromatic carbocycles. The maximum Gasteiger partial charge on any atom is 0.338 e. The summed E-state index contributed by atoms with van der Waals surface area (Å²) < 4.78 is 36.4. The van der Waals surface area contributed by atoms with Gasteiger partial charge in [-0.25, -0.2) is 14.5 Å². The van der Waals surface area contributed by atoms with Crippen molar-refractivity contribution in [3.8, 4) is 34.5 Å². The standard InChI is InChI=1S/C58H55NO10/c1-9-11-28-66-57(62)43-27-25-41-50-46(68-36-20-16-34(64-7)17-21-36)30-44-48-42(55(60)59(56(44)61)54-38(32(3)4)14-13-15-39(54)33(5)6)26-24-40(52(48)50)51-47(69-37-22-18-35(65-8)19-23-37)31-45(49(43)53(41)51)58(63)67-29-12-10-2/h13-27,30-33H,9-12,28-29H2,1-8H3. The van der Waals surface area contributed by atoms with Crippen LogP contribution in [0, 0.1) is 0 Å². The molecule has 0 bridgehead atoms. The van der Waals surface area contributed by atoms with Crippen LogP contribution < -0.4 is 23.8 Å². The lowest BCUT2D eigenvalue weighted by Crippen LogP contribution is -2.41. The third-order valence-electron chi connectivity index (χ3n) is 12.9. The molecule has 1 aliphatic heterocycles. The van der Waals surface area contributed by atoms with Crippen LogP contribution >= 0.6 is 0 Å². The van der Waals surface area contributed by atoms with Gasteiger partial charge in [-0.2, -0.15) is 0 Å². The Morgan fingerprint density at radius 2 is 0.971 bits per heavy atom. The van der Waals surface area contributed by atoms with Gasteiger partial charge in [0.05, 0.1) is 49.8 Å². The van der Waals surface area contributed by atoms with Gasteiger partial charge in [0.25, 0.3) is 11.8 Å². The molecule has 0 fully saturated rings. The second-order valence-corrected chi connectivity index (χ2v) is 18.0. The molecule has 352 valence electrons. The van der Waals surface area contributed by atoms with Gasteiger partial charge in [0.15, 0.2) is 0 Å². The van der Waals surface area contributed by atoms with E-state index in [1.54, 1.807) is 87.0 Å². The molecule has 0 N–H and O–H groups in total. The van der Waals surface area contributed by atoms with Gasteiger partial charge in [-0.1, -0.05) is 84.7 Å². The van der Waals surface area contributed by atoms with Crippen molar-refractivity contribution in [1.29, 1.82) is 0 Å². The summed E-state index contributed by atoms with van der Waals surface area (Å²) >= 11 is 0. The second kappa shape index (κ2) is 19.1. The molecule has 0 aromatic heterocycles. The fourth-order valence-electron chi connectivity index (χ4n) is 9.49. The van der Waals surface area contributed by atoms with E-state index in [4.69, 9.17) is 28.4 Å². The first-order valence-corrected chi connectivity index (χ1v) is 23.7. The first kappa shape index (κ1) is 46.5. The van der Waals surface area contributed by atoms with E-state index in [2.05, 4.69) is 27.7 Å². The van der Waals surface area contributed by atoms with Crippen LogP contribution in [-0.4, -0.2) is 51.2 Å². The normalized spacial score (nSPS) is 12.5. The summed E-state index contributed by atoms with van der Waals surface area (Å²) in [5.74, 6) is 0.523. The predicted molar refractivity (Wildman–Crippen MR) is 270 cm³/mol.